The van der Waals surface area contributed by atoms with Crippen molar-refractivity contribution in [2.45, 2.75) is 6.42 Å². The number of benzene rings is 1. The SMILES string of the molecule is COCCONC(=O)Cc1c(F)cccc1F. The van der Waals surface area contributed by atoms with E-state index in [4.69, 9.17) is 4.84 Å². The van der Waals surface area contributed by atoms with Gasteiger partial charge in [0.1, 0.15) is 11.6 Å². The normalized spacial score (nSPS) is 10.3. The largest absolute Gasteiger partial charge is 0.382 e. The van der Waals surface area contributed by atoms with Crippen LogP contribution in [0.15, 0.2) is 18.2 Å². The highest BCUT2D eigenvalue weighted by atomic mass is 19.1. The van der Waals surface area contributed by atoms with E-state index in [9.17, 15) is 13.6 Å². The van der Waals surface area contributed by atoms with E-state index in [1.54, 1.807) is 0 Å². The fourth-order valence-corrected chi connectivity index (χ4v) is 1.15. The lowest BCUT2D eigenvalue weighted by Crippen LogP contribution is -2.27. The molecule has 1 amide bonds. The third-order valence-electron chi connectivity index (χ3n) is 1.97. The first-order valence-electron chi connectivity index (χ1n) is 4.97. The molecule has 0 aliphatic heterocycles. The van der Waals surface area contributed by atoms with Gasteiger partial charge in [-0.25, -0.2) is 14.3 Å². The van der Waals surface area contributed by atoms with Crippen molar-refractivity contribution in [3.05, 3.63) is 35.4 Å². The van der Waals surface area contributed by atoms with Crippen LogP contribution >= 0.6 is 0 Å². The van der Waals surface area contributed by atoms with Gasteiger partial charge in [-0.05, 0) is 12.1 Å². The van der Waals surface area contributed by atoms with Crippen molar-refractivity contribution < 1.29 is 23.1 Å². The van der Waals surface area contributed by atoms with Gasteiger partial charge in [-0.2, -0.15) is 0 Å². The molecule has 1 N–H and O–H groups in total. The van der Waals surface area contributed by atoms with Crippen molar-refractivity contribution in [1.82, 2.24) is 5.48 Å². The maximum Gasteiger partial charge on any atom is 0.248 e. The van der Waals surface area contributed by atoms with Crippen LogP contribution in [0.25, 0.3) is 0 Å². The van der Waals surface area contributed by atoms with E-state index in [0.717, 1.165) is 12.1 Å². The zero-order valence-corrected chi connectivity index (χ0v) is 9.33. The molecule has 1 rings (SSSR count). The molecule has 0 aliphatic carbocycles. The van der Waals surface area contributed by atoms with Gasteiger partial charge in [0, 0.05) is 12.7 Å². The molecule has 0 fully saturated rings. The van der Waals surface area contributed by atoms with Gasteiger partial charge in [-0.3, -0.25) is 9.63 Å². The lowest BCUT2D eigenvalue weighted by atomic mass is 10.1. The Hall–Kier alpha value is -1.53. The summed E-state index contributed by atoms with van der Waals surface area (Å²) in [5.74, 6) is -2.13. The van der Waals surface area contributed by atoms with Gasteiger partial charge in [-0.15, -0.1) is 0 Å². The van der Waals surface area contributed by atoms with E-state index in [0.29, 0.717) is 6.61 Å². The van der Waals surface area contributed by atoms with Crippen LogP contribution in [0.2, 0.25) is 0 Å². The van der Waals surface area contributed by atoms with Crippen LogP contribution in [0.4, 0.5) is 8.78 Å². The minimum absolute atomic E-state index is 0.169. The number of hydrogen-bond donors (Lipinski definition) is 1. The van der Waals surface area contributed by atoms with Crippen LogP contribution in [-0.2, 0) is 20.8 Å². The van der Waals surface area contributed by atoms with Gasteiger partial charge in [0.15, 0.2) is 0 Å². The molecule has 0 unspecified atom stereocenters. The molecule has 0 heterocycles. The molecule has 0 bridgehead atoms. The molecule has 0 saturated carbocycles. The molecule has 0 aromatic heterocycles. The van der Waals surface area contributed by atoms with E-state index in [1.165, 1.54) is 13.2 Å². The molecule has 0 atom stereocenters. The Morgan fingerprint density at radius 1 is 1.29 bits per heavy atom. The highest BCUT2D eigenvalue weighted by Gasteiger charge is 2.12. The number of carbonyl (C=O) groups excluding carboxylic acids is 1. The van der Waals surface area contributed by atoms with Gasteiger partial charge >= 0.3 is 0 Å². The van der Waals surface area contributed by atoms with Crippen molar-refractivity contribution >= 4 is 5.91 Å². The highest BCUT2D eigenvalue weighted by molar-refractivity contribution is 5.77. The van der Waals surface area contributed by atoms with E-state index in [2.05, 4.69) is 10.2 Å². The summed E-state index contributed by atoms with van der Waals surface area (Å²) in [5, 5.41) is 0. The second-order valence-electron chi connectivity index (χ2n) is 3.24. The quantitative estimate of drug-likeness (QED) is 0.605. The monoisotopic (exact) mass is 245 g/mol. The van der Waals surface area contributed by atoms with Crippen LogP contribution in [0.3, 0.4) is 0 Å². The topological polar surface area (TPSA) is 47.6 Å². The van der Waals surface area contributed by atoms with Gasteiger partial charge in [0.05, 0.1) is 19.6 Å². The first-order valence-corrected chi connectivity index (χ1v) is 4.97. The van der Waals surface area contributed by atoms with Crippen LogP contribution in [-0.4, -0.2) is 26.2 Å². The summed E-state index contributed by atoms with van der Waals surface area (Å²) in [4.78, 5) is 16.0. The molecule has 0 radical (unpaired) electrons. The molecule has 4 nitrogen and oxygen atoms in total. The average Bonchev–Trinajstić information content (AvgIpc) is 2.30. The first kappa shape index (κ1) is 13.5. The number of halogens is 2. The molecule has 1 aromatic carbocycles. The third kappa shape index (κ3) is 4.46. The molecule has 6 heteroatoms. The van der Waals surface area contributed by atoms with E-state index in [-0.39, 0.29) is 12.2 Å². The molecule has 94 valence electrons. The predicted molar refractivity (Wildman–Crippen MR) is 56.0 cm³/mol. The van der Waals surface area contributed by atoms with Crippen LogP contribution in [0, 0.1) is 11.6 Å². The Labute approximate surface area is 97.5 Å². The molecule has 1 aromatic rings. The predicted octanol–water partition coefficient (Wildman–Crippen LogP) is 1.20. The average molecular weight is 245 g/mol. The Bertz CT molecular complexity index is 365. The number of hydroxylamine groups is 1. The fraction of sp³-hybridized carbons (Fsp3) is 0.364. The minimum Gasteiger partial charge on any atom is -0.382 e. The summed E-state index contributed by atoms with van der Waals surface area (Å²) in [6, 6.07) is 3.43. The second kappa shape index (κ2) is 6.93. The number of rotatable bonds is 6. The molecular weight excluding hydrogens is 232 g/mol. The number of amides is 1. The summed E-state index contributed by atoms with van der Waals surface area (Å²) in [6.45, 7) is 0.482. The Morgan fingerprint density at radius 2 is 1.94 bits per heavy atom. The zero-order valence-electron chi connectivity index (χ0n) is 9.33. The number of ether oxygens (including phenoxy) is 1. The number of nitrogens with one attached hydrogen (secondary N) is 1. The summed E-state index contributed by atoms with van der Waals surface area (Å²) in [6.07, 6.45) is -0.411. The Kier molecular flexibility index (Phi) is 5.51. The van der Waals surface area contributed by atoms with Crippen molar-refractivity contribution in [3.63, 3.8) is 0 Å². The minimum atomic E-state index is -0.753. The fourth-order valence-electron chi connectivity index (χ4n) is 1.15. The van der Waals surface area contributed by atoms with Gasteiger partial charge in [0.25, 0.3) is 0 Å². The van der Waals surface area contributed by atoms with E-state index in [1.807, 2.05) is 0 Å². The third-order valence-corrected chi connectivity index (χ3v) is 1.97. The molecular formula is C11H13F2NO3. The molecule has 17 heavy (non-hydrogen) atoms. The van der Waals surface area contributed by atoms with E-state index >= 15 is 0 Å². The van der Waals surface area contributed by atoms with Crippen molar-refractivity contribution in [2.75, 3.05) is 20.3 Å². The van der Waals surface area contributed by atoms with Crippen LogP contribution in [0.1, 0.15) is 5.56 Å². The lowest BCUT2D eigenvalue weighted by Gasteiger charge is -2.06. The summed E-state index contributed by atoms with van der Waals surface area (Å²) in [7, 11) is 1.49. The standard InChI is InChI=1S/C11H13F2NO3/c1-16-5-6-17-14-11(15)7-8-9(12)3-2-4-10(8)13/h2-4H,5-7H2,1H3,(H,14,15). The van der Waals surface area contributed by atoms with Crippen LogP contribution < -0.4 is 5.48 Å². The summed E-state index contributed by atoms with van der Waals surface area (Å²) in [5.41, 5.74) is 1.79. The number of hydrogen-bond acceptors (Lipinski definition) is 3. The summed E-state index contributed by atoms with van der Waals surface area (Å²) < 4.78 is 31.0. The summed E-state index contributed by atoms with van der Waals surface area (Å²) >= 11 is 0. The molecule has 0 saturated heterocycles. The maximum atomic E-state index is 13.2. The van der Waals surface area contributed by atoms with Gasteiger partial charge in [-0.1, -0.05) is 6.07 Å². The molecule has 0 spiro atoms. The van der Waals surface area contributed by atoms with Crippen LogP contribution in [0.5, 0.6) is 0 Å². The molecule has 0 aliphatic rings. The smallest absolute Gasteiger partial charge is 0.248 e. The van der Waals surface area contributed by atoms with Crippen molar-refractivity contribution in [2.24, 2.45) is 0 Å². The Balaban J connectivity index is 2.45. The lowest BCUT2D eigenvalue weighted by molar-refractivity contribution is -0.133. The number of methoxy groups -OCH3 is 1. The highest BCUT2D eigenvalue weighted by Crippen LogP contribution is 2.12. The van der Waals surface area contributed by atoms with E-state index < -0.39 is 24.0 Å². The van der Waals surface area contributed by atoms with Gasteiger partial charge in [0.2, 0.25) is 5.91 Å². The van der Waals surface area contributed by atoms with Crippen molar-refractivity contribution in [1.29, 1.82) is 0 Å². The first-order chi connectivity index (χ1) is 8.15. The zero-order chi connectivity index (χ0) is 12.7. The van der Waals surface area contributed by atoms with Gasteiger partial charge < -0.3 is 4.74 Å². The Morgan fingerprint density at radius 3 is 2.53 bits per heavy atom. The van der Waals surface area contributed by atoms with Crippen molar-refractivity contribution in [3.8, 4) is 0 Å². The maximum absolute atomic E-state index is 13.2. The number of carbonyl (C=O) groups is 1. The second-order valence-corrected chi connectivity index (χ2v) is 3.24.